The number of benzene rings is 1. The summed E-state index contributed by atoms with van der Waals surface area (Å²) in [6.07, 6.45) is 2.96. The van der Waals surface area contributed by atoms with E-state index in [-0.39, 0.29) is 12.8 Å². The molecule has 0 saturated carbocycles. The van der Waals surface area contributed by atoms with Crippen molar-refractivity contribution in [2.75, 3.05) is 19.4 Å². The van der Waals surface area contributed by atoms with Gasteiger partial charge < -0.3 is 7.43 Å². The maximum atomic E-state index is 4.76. The van der Waals surface area contributed by atoms with E-state index < -0.39 is 0 Å². The van der Waals surface area contributed by atoms with Crippen molar-refractivity contribution in [2.45, 2.75) is 47.0 Å². The number of halogens is 3. The number of hydrogen-bond donors (Lipinski definition) is 0. The fraction of sp³-hybridized carbons (Fsp3) is 0.476. The minimum atomic E-state index is 0. The first-order chi connectivity index (χ1) is 12.6. The number of nitrogens with zero attached hydrogens (tertiary/aromatic N) is 2. The number of aryl methyl sites for hydroxylation is 2. The maximum absolute atomic E-state index is 4.76. The molecule has 0 radical (unpaired) electrons. The molecule has 0 aliphatic carbocycles. The van der Waals surface area contributed by atoms with Crippen LogP contribution < -0.4 is 0 Å². The van der Waals surface area contributed by atoms with Crippen LogP contribution in [-0.2, 0) is 24.6 Å². The van der Waals surface area contributed by atoms with Crippen molar-refractivity contribution in [3.8, 4) is 0 Å². The van der Waals surface area contributed by atoms with Crippen LogP contribution in [0.1, 0.15) is 44.7 Å². The fourth-order valence-electron chi connectivity index (χ4n) is 1.89. The van der Waals surface area contributed by atoms with Gasteiger partial charge in [-0.25, -0.2) is 0 Å². The van der Waals surface area contributed by atoms with Crippen molar-refractivity contribution in [3.63, 3.8) is 0 Å². The number of rotatable bonds is 5. The van der Waals surface area contributed by atoms with Crippen LogP contribution in [0.4, 0.5) is 0 Å². The first-order valence-electron chi connectivity index (χ1n) is 8.33. The monoisotopic (exact) mass is 528 g/mol. The molecule has 162 valence electrons. The molecule has 0 fully saturated rings. The molecule has 0 saturated heterocycles. The van der Waals surface area contributed by atoms with E-state index in [0.717, 1.165) is 30.7 Å². The van der Waals surface area contributed by atoms with Crippen LogP contribution in [0.5, 0.6) is 0 Å². The Hall–Kier alpha value is -0.168. The third kappa shape index (κ3) is 23.8. The van der Waals surface area contributed by atoms with E-state index in [1.807, 2.05) is 27.9 Å². The molecule has 0 N–H and O–H groups in total. The summed E-state index contributed by atoms with van der Waals surface area (Å²) in [5.41, 5.74) is 4.93. The summed E-state index contributed by atoms with van der Waals surface area (Å²) in [5, 5.41) is 0.194. The van der Waals surface area contributed by atoms with Gasteiger partial charge in [0.05, 0.1) is 16.8 Å². The van der Waals surface area contributed by atoms with Crippen molar-refractivity contribution in [2.24, 2.45) is 9.98 Å². The van der Waals surface area contributed by atoms with Crippen molar-refractivity contribution in [1.29, 1.82) is 0 Å². The Labute approximate surface area is 193 Å². The van der Waals surface area contributed by atoms with Crippen LogP contribution in [0.25, 0.3) is 0 Å². The van der Waals surface area contributed by atoms with Crippen LogP contribution in [0, 0.1) is 14.4 Å². The predicted octanol–water partition coefficient (Wildman–Crippen LogP) is 7.87. The zero-order valence-corrected chi connectivity index (χ0v) is 21.7. The summed E-state index contributed by atoms with van der Waals surface area (Å²) in [5.74, 6) is 0. The zero-order valence-electron chi connectivity index (χ0n) is 17.9. The van der Waals surface area contributed by atoms with Crippen molar-refractivity contribution >= 4 is 44.2 Å². The molecule has 0 bridgehead atoms. The Bertz CT molecular complexity index is 447. The molecule has 0 atom stereocenters. The molecule has 27 heavy (non-hydrogen) atoms. The molecule has 0 spiro atoms. The summed E-state index contributed by atoms with van der Waals surface area (Å²) in [4.78, 5) is 8.64. The average molecular weight is 530 g/mol. The Kier molecular flexibility index (Phi) is 46.5. The van der Waals surface area contributed by atoms with Crippen LogP contribution in [0.3, 0.4) is 0 Å². The Balaban J connectivity index is -0.000000140. The first kappa shape index (κ1) is 37.6. The van der Waals surface area contributed by atoms with Gasteiger partial charge >= 0.3 is 27.7 Å². The normalized spacial score (nSPS) is 9.44. The van der Waals surface area contributed by atoms with E-state index in [4.69, 9.17) is 23.2 Å². The third-order valence-electron chi connectivity index (χ3n) is 2.98. The van der Waals surface area contributed by atoms with Gasteiger partial charge in [-0.1, -0.05) is 50.6 Å². The van der Waals surface area contributed by atoms with Gasteiger partial charge in [-0.05, 0) is 31.7 Å². The van der Waals surface area contributed by atoms with Gasteiger partial charge in [0, 0.05) is 14.1 Å². The second kappa shape index (κ2) is 33.4. The Morgan fingerprint density at radius 2 is 1.33 bits per heavy atom. The van der Waals surface area contributed by atoms with Gasteiger partial charge in [-0.2, -0.15) is 0 Å². The second-order valence-corrected chi connectivity index (χ2v) is 5.09. The third-order valence-corrected chi connectivity index (χ3v) is 2.98. The van der Waals surface area contributed by atoms with Gasteiger partial charge in [0.2, 0.25) is 0 Å². The van der Waals surface area contributed by atoms with Gasteiger partial charge in [0.15, 0.2) is 0 Å². The quantitative estimate of drug-likeness (QED) is 0.122. The summed E-state index contributed by atoms with van der Waals surface area (Å²) < 4.78 is 0. The van der Waals surface area contributed by atoms with Gasteiger partial charge in [-0.3, -0.25) is 9.98 Å². The zero-order chi connectivity index (χ0) is 21.4. The number of aliphatic imine (C=N–C) groups is 2. The van der Waals surface area contributed by atoms with Crippen LogP contribution in [0.15, 0.2) is 47.4 Å². The summed E-state index contributed by atoms with van der Waals surface area (Å²) in [6, 6.07) is 8.70. The molecule has 0 amide bonds. The molecular weight excluding hydrogens is 493 g/mol. The standard InChI is InChI=1S/C15H22N2.C2H6.C2H4.CH2Cl2.CH3.ClH.Pd/c1-5-14(16-3)15(17-4)11-10-13-8-6-12(2)7-9-13;2*1-2;2-1-3;;;/h6-9H,5,10-11H2,1-4H3;1-2H3;1-2H2;1H2;1H3;1H;/q;;;;-1;;+2/p-1. The predicted molar refractivity (Wildman–Crippen MR) is 128 cm³/mol. The second-order valence-electron chi connectivity index (χ2n) is 4.28. The molecule has 6 heteroatoms. The van der Waals surface area contributed by atoms with E-state index >= 15 is 0 Å². The van der Waals surface area contributed by atoms with Gasteiger partial charge in [-0.15, -0.1) is 36.4 Å². The summed E-state index contributed by atoms with van der Waals surface area (Å²) in [7, 11) is 8.18. The minimum absolute atomic E-state index is 0. The van der Waals surface area contributed by atoms with Crippen molar-refractivity contribution in [1.82, 2.24) is 0 Å². The fourth-order valence-corrected chi connectivity index (χ4v) is 1.89. The molecule has 0 aliphatic rings. The van der Waals surface area contributed by atoms with Gasteiger partial charge in [0.25, 0.3) is 0 Å². The van der Waals surface area contributed by atoms with E-state index in [1.54, 1.807) is 0 Å². The topological polar surface area (TPSA) is 24.7 Å². The number of alkyl halides is 2. The van der Waals surface area contributed by atoms with E-state index in [0.29, 0.717) is 0 Å². The molecule has 0 aromatic heterocycles. The molecule has 0 aliphatic heterocycles. The van der Waals surface area contributed by atoms with Crippen molar-refractivity contribution < 1.29 is 18.2 Å². The number of hydrogen-bond acceptors (Lipinski definition) is 2. The van der Waals surface area contributed by atoms with Gasteiger partial charge in [0.1, 0.15) is 0 Å². The van der Waals surface area contributed by atoms with Crippen LogP contribution in [0.2, 0.25) is 0 Å². The van der Waals surface area contributed by atoms with E-state index in [2.05, 4.69) is 89.0 Å². The molecule has 1 rings (SSSR count). The summed E-state index contributed by atoms with van der Waals surface area (Å²) >= 11 is 11.8. The molecule has 0 unspecified atom stereocenters. The van der Waals surface area contributed by atoms with E-state index in [9.17, 15) is 0 Å². The Morgan fingerprint density at radius 1 is 0.963 bits per heavy atom. The molecule has 0 heterocycles. The summed E-state index contributed by atoms with van der Waals surface area (Å²) in [6.45, 7) is 14.2. The first-order valence-corrected chi connectivity index (χ1v) is 11.4. The SMILES string of the molecule is C=C.CC.CCC(=NC)C(CCc1ccc(C)cc1)=NC.ClCCl.[CH3-].[Cl][Pd+]. The Morgan fingerprint density at radius 3 is 1.63 bits per heavy atom. The average Bonchev–Trinajstić information content (AvgIpc) is 2.71. The van der Waals surface area contributed by atoms with Crippen molar-refractivity contribution in [3.05, 3.63) is 56.0 Å². The van der Waals surface area contributed by atoms with E-state index in [1.165, 1.54) is 11.1 Å². The molecule has 1 aromatic rings. The molecule has 1 aromatic carbocycles. The van der Waals surface area contributed by atoms with Crippen LogP contribution >= 0.6 is 32.7 Å². The molecular formula is C21H37Cl3N2Pd. The molecule has 2 nitrogen and oxygen atoms in total. The van der Waals surface area contributed by atoms with Crippen LogP contribution in [-0.4, -0.2) is 30.9 Å².